The molecule has 5 rings (SSSR count). The van der Waals surface area contributed by atoms with Crippen LogP contribution in [-0.4, -0.2) is 17.8 Å². The van der Waals surface area contributed by atoms with E-state index in [1.165, 1.54) is 18.1 Å². The predicted octanol–water partition coefficient (Wildman–Crippen LogP) is 7.50. The van der Waals surface area contributed by atoms with E-state index in [0.717, 1.165) is 26.7 Å². The van der Waals surface area contributed by atoms with E-state index in [4.69, 9.17) is 15.2 Å². The number of nitro benzene ring substituents is 1. The van der Waals surface area contributed by atoms with E-state index in [1.54, 1.807) is 12.1 Å². The van der Waals surface area contributed by atoms with Crippen LogP contribution < -0.4 is 20.1 Å². The molecule has 3 aromatic carbocycles. The van der Waals surface area contributed by atoms with Crippen LogP contribution in [0, 0.1) is 40.7 Å². The molecule has 0 amide bonds. The maximum Gasteiger partial charge on any atom is 0.296 e. The van der Waals surface area contributed by atoms with Gasteiger partial charge in [0.2, 0.25) is 0 Å². The Bertz CT molecular complexity index is 1790. The molecule has 1 unspecified atom stereocenters. The summed E-state index contributed by atoms with van der Waals surface area (Å²) < 4.78 is 12.3. The maximum absolute atomic E-state index is 14.1. The number of nitrogens with two attached hydrogens (primary N) is 1. The van der Waals surface area contributed by atoms with Gasteiger partial charge in [-0.3, -0.25) is 19.8 Å². The molecular weight excluding hydrogens is 624 g/mol. The van der Waals surface area contributed by atoms with Crippen LogP contribution in [0.15, 0.2) is 81.7 Å². The third-order valence-corrected chi connectivity index (χ3v) is 8.77. The third kappa shape index (κ3) is 5.67. The lowest BCUT2D eigenvalue weighted by atomic mass is 9.68. The second-order valence-corrected chi connectivity index (χ2v) is 12.9. The fraction of sp³-hybridized carbons (Fsp3) is 0.294. The zero-order chi connectivity index (χ0) is 31.9. The monoisotopic (exact) mass is 656 g/mol. The van der Waals surface area contributed by atoms with Gasteiger partial charge in [-0.25, -0.2) is 0 Å². The molecule has 10 heteroatoms. The summed E-state index contributed by atoms with van der Waals surface area (Å²) in [4.78, 5) is 27.3. The Morgan fingerprint density at radius 2 is 1.77 bits per heavy atom. The van der Waals surface area contributed by atoms with Crippen LogP contribution in [0.4, 0.5) is 11.4 Å². The van der Waals surface area contributed by atoms with Crippen LogP contribution in [0.25, 0.3) is 0 Å². The number of ketones is 1. The highest BCUT2D eigenvalue weighted by Gasteiger charge is 2.46. The summed E-state index contributed by atoms with van der Waals surface area (Å²) in [7, 11) is 1.43. The molecule has 44 heavy (non-hydrogen) atoms. The lowest BCUT2D eigenvalue weighted by molar-refractivity contribution is -0.384. The van der Waals surface area contributed by atoms with E-state index in [-0.39, 0.29) is 41.6 Å². The smallest absolute Gasteiger partial charge is 0.296 e. The van der Waals surface area contributed by atoms with Gasteiger partial charge < -0.3 is 15.2 Å². The summed E-state index contributed by atoms with van der Waals surface area (Å²) in [5, 5.41) is 22.8. The largest absolute Gasteiger partial charge is 0.496 e. The fourth-order valence-corrected chi connectivity index (χ4v) is 6.40. The molecule has 2 aliphatic rings. The molecule has 2 N–H and O–H groups in total. The van der Waals surface area contributed by atoms with Gasteiger partial charge in [-0.15, -0.1) is 0 Å². The Balaban J connectivity index is 1.70. The van der Waals surface area contributed by atoms with Crippen molar-refractivity contribution in [2.24, 2.45) is 11.1 Å². The minimum absolute atomic E-state index is 0.0580. The Hall–Kier alpha value is -4.62. The van der Waals surface area contributed by atoms with Crippen molar-refractivity contribution in [2.45, 2.75) is 53.1 Å². The van der Waals surface area contributed by atoms with Gasteiger partial charge in [0.25, 0.3) is 5.69 Å². The molecule has 1 atom stereocenters. The molecule has 0 saturated carbocycles. The molecule has 0 aromatic heterocycles. The first-order chi connectivity index (χ1) is 20.8. The van der Waals surface area contributed by atoms with Gasteiger partial charge in [-0.05, 0) is 84.3 Å². The molecule has 0 saturated heterocycles. The summed E-state index contributed by atoms with van der Waals surface area (Å²) in [6.07, 6.45) is 0.696. The number of allylic oxidation sites excluding steroid dienone is 3. The molecule has 0 spiro atoms. The topological polar surface area (TPSA) is 132 Å². The third-order valence-electron chi connectivity index (χ3n) is 8.24. The lowest BCUT2D eigenvalue weighted by Crippen LogP contribution is -2.42. The number of Topliss-reactive ketones (excluding diaryl/α,β-unsaturated/α-hetero) is 1. The highest BCUT2D eigenvalue weighted by Crippen LogP contribution is 2.52. The number of aryl methyl sites for hydroxylation is 2. The van der Waals surface area contributed by atoms with Crippen molar-refractivity contribution >= 4 is 33.1 Å². The van der Waals surface area contributed by atoms with Gasteiger partial charge in [0.15, 0.2) is 5.78 Å². The van der Waals surface area contributed by atoms with Crippen LogP contribution in [0.2, 0.25) is 0 Å². The number of benzene rings is 3. The summed E-state index contributed by atoms with van der Waals surface area (Å²) in [5.41, 5.74) is 11.0. The molecule has 1 aliphatic heterocycles. The fourth-order valence-electron chi connectivity index (χ4n) is 6.14. The SMILES string of the molecule is COc1ccc(N2C(N)=C(C#N)C(c3cc(COc4ccc(Br)cc4)c(C)cc3C)C3=C2CC(C)(C)CC3=O)c([N+](=O)[O-])c1. The summed E-state index contributed by atoms with van der Waals surface area (Å²) in [5.74, 6) is 0.221. The number of hydrogen-bond donors (Lipinski definition) is 1. The molecule has 0 fully saturated rings. The molecule has 226 valence electrons. The Labute approximate surface area is 264 Å². The number of anilines is 1. The first-order valence-electron chi connectivity index (χ1n) is 14.1. The van der Waals surface area contributed by atoms with Gasteiger partial charge in [-0.2, -0.15) is 5.26 Å². The van der Waals surface area contributed by atoms with Crippen LogP contribution in [0.5, 0.6) is 11.5 Å². The van der Waals surface area contributed by atoms with Crippen LogP contribution in [0.1, 0.15) is 54.9 Å². The van der Waals surface area contributed by atoms with Crippen molar-refractivity contribution in [3.05, 3.63) is 114 Å². The quantitative estimate of drug-likeness (QED) is 0.204. The molecule has 1 aliphatic carbocycles. The average Bonchev–Trinajstić information content (AvgIpc) is 2.96. The highest BCUT2D eigenvalue weighted by atomic mass is 79.9. The number of halogens is 1. The molecule has 1 heterocycles. The zero-order valence-corrected chi connectivity index (χ0v) is 26.8. The molecule has 0 radical (unpaired) electrons. The van der Waals surface area contributed by atoms with E-state index in [9.17, 15) is 20.2 Å². The van der Waals surface area contributed by atoms with Crippen LogP contribution >= 0.6 is 15.9 Å². The van der Waals surface area contributed by atoms with E-state index >= 15 is 0 Å². The molecule has 3 aromatic rings. The van der Waals surface area contributed by atoms with Crippen LogP contribution in [-0.2, 0) is 11.4 Å². The number of nitro groups is 1. The number of hydrogen-bond acceptors (Lipinski definition) is 8. The van der Waals surface area contributed by atoms with Gasteiger partial charge >= 0.3 is 0 Å². The Morgan fingerprint density at radius 3 is 2.41 bits per heavy atom. The lowest BCUT2D eigenvalue weighted by Gasteiger charge is -2.43. The van der Waals surface area contributed by atoms with Crippen molar-refractivity contribution in [2.75, 3.05) is 12.0 Å². The van der Waals surface area contributed by atoms with Gasteiger partial charge in [0.1, 0.15) is 29.6 Å². The molecular formula is C34H33BrN4O5. The van der Waals surface area contributed by atoms with E-state index < -0.39 is 16.3 Å². The molecule has 0 bridgehead atoms. The maximum atomic E-state index is 14.1. The number of nitrogens with zero attached hydrogens (tertiary/aromatic N) is 3. The van der Waals surface area contributed by atoms with Crippen molar-refractivity contribution < 1.29 is 19.2 Å². The highest BCUT2D eigenvalue weighted by molar-refractivity contribution is 9.10. The van der Waals surface area contributed by atoms with Gasteiger partial charge in [0, 0.05) is 22.2 Å². The first-order valence-corrected chi connectivity index (χ1v) is 14.9. The number of carbonyl (C=O) groups excluding carboxylic acids is 1. The van der Waals surface area contributed by atoms with Crippen LogP contribution in [0.3, 0.4) is 0 Å². The number of nitriles is 1. The average molecular weight is 658 g/mol. The zero-order valence-electron chi connectivity index (χ0n) is 25.2. The predicted molar refractivity (Wildman–Crippen MR) is 171 cm³/mol. The summed E-state index contributed by atoms with van der Waals surface area (Å²) in [6.45, 7) is 8.20. The second kappa shape index (κ2) is 11.8. The normalized spacial score (nSPS) is 17.7. The minimum atomic E-state index is -0.737. The van der Waals surface area contributed by atoms with E-state index in [0.29, 0.717) is 29.2 Å². The standard InChI is InChI=1S/C34H33BrN4O5/c1-19-12-20(2)25(13-21(19)18-44-23-8-6-22(35)7-9-23)31-26(17-36)33(37)38(29-15-34(3,4)16-30(40)32(29)31)27-11-10-24(43-5)14-28(27)39(41)42/h6-14,31H,15-16,18,37H2,1-5H3. The second-order valence-electron chi connectivity index (χ2n) is 12.0. The van der Waals surface area contributed by atoms with Crippen molar-refractivity contribution in [3.8, 4) is 17.6 Å². The van der Waals surface area contributed by atoms with E-state index in [2.05, 4.69) is 22.0 Å². The molecule has 9 nitrogen and oxygen atoms in total. The van der Waals surface area contributed by atoms with Crippen molar-refractivity contribution in [3.63, 3.8) is 0 Å². The van der Waals surface area contributed by atoms with Gasteiger partial charge in [0.05, 0.1) is 35.7 Å². The van der Waals surface area contributed by atoms with Crippen molar-refractivity contribution in [1.82, 2.24) is 0 Å². The number of methoxy groups -OCH3 is 1. The van der Waals surface area contributed by atoms with Crippen molar-refractivity contribution in [1.29, 1.82) is 5.26 Å². The Morgan fingerprint density at radius 1 is 1.09 bits per heavy atom. The Kier molecular flexibility index (Phi) is 8.28. The summed E-state index contributed by atoms with van der Waals surface area (Å²) in [6, 6.07) is 18.3. The number of ether oxygens (including phenoxy) is 2. The number of rotatable bonds is 7. The number of carbonyl (C=O) groups is 1. The van der Waals surface area contributed by atoms with Gasteiger partial charge in [-0.1, -0.05) is 41.9 Å². The first kappa shape index (κ1) is 30.8. The van der Waals surface area contributed by atoms with E-state index in [1.807, 2.05) is 64.1 Å². The minimum Gasteiger partial charge on any atom is -0.496 e. The summed E-state index contributed by atoms with van der Waals surface area (Å²) >= 11 is 3.44.